The van der Waals surface area contributed by atoms with Gasteiger partial charge in [-0.3, -0.25) is 0 Å². The Balaban J connectivity index is 2.40. The summed E-state index contributed by atoms with van der Waals surface area (Å²) in [4.78, 5) is 3.18. The monoisotopic (exact) mass is 272 g/mol. The quantitative estimate of drug-likeness (QED) is 0.758. The van der Waals surface area contributed by atoms with Crippen LogP contribution in [0.15, 0.2) is 12.1 Å². The van der Waals surface area contributed by atoms with Crippen molar-refractivity contribution in [1.29, 1.82) is 0 Å². The minimum absolute atomic E-state index is 0.159. The average molecular weight is 273 g/mol. The molecule has 2 aromatic rings. The molecule has 1 aromatic carbocycles. The number of aromatic amines is 1. The van der Waals surface area contributed by atoms with E-state index in [1.165, 1.54) is 0 Å². The number of halogens is 2. The van der Waals surface area contributed by atoms with E-state index in [1.54, 1.807) is 0 Å². The summed E-state index contributed by atoms with van der Waals surface area (Å²) in [6.45, 7) is 2.21. The van der Waals surface area contributed by atoms with E-state index in [1.807, 2.05) is 12.1 Å². The minimum Gasteiger partial charge on any atom is -0.331 e. The Labute approximate surface area is 108 Å². The number of aromatic nitrogens is 2. The highest BCUT2D eigenvalue weighted by molar-refractivity contribution is 7.71. The molecular formula is C11H10Cl2N2S. The minimum atomic E-state index is 0.159. The molecule has 1 aromatic heterocycles. The van der Waals surface area contributed by atoms with Crippen LogP contribution in [-0.4, -0.2) is 9.55 Å². The van der Waals surface area contributed by atoms with Gasteiger partial charge in [-0.1, -0.05) is 23.2 Å². The van der Waals surface area contributed by atoms with Crippen molar-refractivity contribution in [2.45, 2.75) is 25.3 Å². The normalized spacial score (nSPS) is 17.9. The van der Waals surface area contributed by atoms with Crippen LogP contribution in [0.4, 0.5) is 0 Å². The van der Waals surface area contributed by atoms with Crippen molar-refractivity contribution in [2.75, 3.05) is 0 Å². The summed E-state index contributed by atoms with van der Waals surface area (Å²) in [5.74, 6) is 0. The van der Waals surface area contributed by atoms with E-state index in [2.05, 4.69) is 16.5 Å². The molecule has 1 aliphatic carbocycles. The fourth-order valence-electron chi connectivity index (χ4n) is 2.04. The molecule has 2 nitrogen and oxygen atoms in total. The SMILES string of the molecule is CC1(n2c(=S)[nH]c3cc(Cl)c(Cl)cc32)CC1. The second-order valence-corrected chi connectivity index (χ2v) is 5.75. The third kappa shape index (κ3) is 1.42. The molecule has 5 heteroatoms. The first-order valence-electron chi connectivity index (χ1n) is 5.11. The van der Waals surface area contributed by atoms with Crippen molar-refractivity contribution in [1.82, 2.24) is 9.55 Å². The third-order valence-electron chi connectivity index (χ3n) is 3.24. The van der Waals surface area contributed by atoms with Gasteiger partial charge in [0.2, 0.25) is 0 Å². The second kappa shape index (κ2) is 3.25. The van der Waals surface area contributed by atoms with E-state index in [0.29, 0.717) is 10.0 Å². The van der Waals surface area contributed by atoms with Crippen LogP contribution in [0.25, 0.3) is 11.0 Å². The molecule has 0 bridgehead atoms. The van der Waals surface area contributed by atoms with Gasteiger partial charge in [-0.25, -0.2) is 0 Å². The highest BCUT2D eigenvalue weighted by Gasteiger charge is 2.40. The maximum atomic E-state index is 6.05. The standard InChI is InChI=1S/C11H10Cl2N2S/c1-11(2-3-11)15-9-5-7(13)6(12)4-8(9)14-10(15)16/h4-5H,2-3H2,1H3,(H,14,16). The molecule has 0 unspecified atom stereocenters. The first-order valence-corrected chi connectivity index (χ1v) is 6.28. The molecule has 0 spiro atoms. The van der Waals surface area contributed by atoms with Gasteiger partial charge in [-0.15, -0.1) is 0 Å². The number of H-pyrrole nitrogens is 1. The van der Waals surface area contributed by atoms with E-state index in [9.17, 15) is 0 Å². The van der Waals surface area contributed by atoms with Crippen LogP contribution < -0.4 is 0 Å². The molecule has 1 fully saturated rings. The highest BCUT2D eigenvalue weighted by Crippen LogP contribution is 2.45. The van der Waals surface area contributed by atoms with Crippen molar-refractivity contribution in [2.24, 2.45) is 0 Å². The summed E-state index contributed by atoms with van der Waals surface area (Å²) < 4.78 is 2.90. The predicted molar refractivity (Wildman–Crippen MR) is 70.0 cm³/mol. The van der Waals surface area contributed by atoms with E-state index in [-0.39, 0.29) is 5.54 Å². The molecule has 0 saturated heterocycles. The summed E-state index contributed by atoms with van der Waals surface area (Å²) in [6, 6.07) is 3.71. The summed E-state index contributed by atoms with van der Waals surface area (Å²) in [5.41, 5.74) is 2.15. The van der Waals surface area contributed by atoms with Gasteiger partial charge in [-0.05, 0) is 44.1 Å². The van der Waals surface area contributed by atoms with Crippen LogP contribution in [0.3, 0.4) is 0 Å². The summed E-state index contributed by atoms with van der Waals surface area (Å²) in [7, 11) is 0. The number of benzene rings is 1. The fourth-order valence-corrected chi connectivity index (χ4v) is 2.79. The van der Waals surface area contributed by atoms with E-state index < -0.39 is 0 Å². The summed E-state index contributed by atoms with van der Waals surface area (Å²) in [6.07, 6.45) is 2.32. The highest BCUT2D eigenvalue weighted by atomic mass is 35.5. The molecule has 16 heavy (non-hydrogen) atoms. The van der Waals surface area contributed by atoms with E-state index in [0.717, 1.165) is 28.6 Å². The number of fused-ring (bicyclic) bond motifs is 1. The zero-order valence-corrected chi connectivity index (χ0v) is 11.0. The first-order chi connectivity index (χ1) is 7.51. The van der Waals surface area contributed by atoms with Crippen molar-refractivity contribution in [3.05, 3.63) is 26.9 Å². The van der Waals surface area contributed by atoms with Gasteiger partial charge in [-0.2, -0.15) is 0 Å². The lowest BCUT2D eigenvalue weighted by atomic mass is 10.2. The van der Waals surface area contributed by atoms with E-state index >= 15 is 0 Å². The lowest BCUT2D eigenvalue weighted by Crippen LogP contribution is -2.11. The van der Waals surface area contributed by atoms with Crippen molar-refractivity contribution in [3.63, 3.8) is 0 Å². The van der Waals surface area contributed by atoms with Gasteiger partial charge in [0.1, 0.15) is 0 Å². The van der Waals surface area contributed by atoms with Gasteiger partial charge in [0.25, 0.3) is 0 Å². The fraction of sp³-hybridized carbons (Fsp3) is 0.364. The molecule has 0 radical (unpaired) electrons. The van der Waals surface area contributed by atoms with Crippen molar-refractivity contribution in [3.8, 4) is 0 Å². The van der Waals surface area contributed by atoms with Crippen LogP contribution in [0.5, 0.6) is 0 Å². The Bertz CT molecular complexity index is 637. The molecular weight excluding hydrogens is 263 g/mol. The first kappa shape index (κ1) is 10.6. The summed E-state index contributed by atoms with van der Waals surface area (Å²) >= 11 is 17.4. The maximum Gasteiger partial charge on any atom is 0.178 e. The number of nitrogens with zero attached hydrogens (tertiary/aromatic N) is 1. The van der Waals surface area contributed by atoms with Gasteiger partial charge in [0.15, 0.2) is 4.77 Å². The molecule has 1 saturated carbocycles. The van der Waals surface area contributed by atoms with Crippen LogP contribution in [0, 0.1) is 4.77 Å². The molecule has 0 atom stereocenters. The van der Waals surface area contributed by atoms with Crippen molar-refractivity contribution >= 4 is 46.5 Å². The zero-order valence-electron chi connectivity index (χ0n) is 8.68. The van der Waals surface area contributed by atoms with Crippen LogP contribution in [0.1, 0.15) is 19.8 Å². The largest absolute Gasteiger partial charge is 0.331 e. The average Bonchev–Trinajstić information content (AvgIpc) is 2.84. The third-order valence-corrected chi connectivity index (χ3v) is 4.24. The lowest BCUT2D eigenvalue weighted by molar-refractivity contribution is 0.541. The number of hydrogen-bond donors (Lipinski definition) is 1. The molecule has 3 rings (SSSR count). The molecule has 1 N–H and O–H groups in total. The van der Waals surface area contributed by atoms with E-state index in [4.69, 9.17) is 35.4 Å². The van der Waals surface area contributed by atoms with Gasteiger partial charge < -0.3 is 9.55 Å². The Morgan fingerprint density at radius 2 is 1.94 bits per heavy atom. The Morgan fingerprint density at radius 3 is 2.56 bits per heavy atom. The molecule has 1 aliphatic rings. The molecule has 0 amide bonds. The van der Waals surface area contributed by atoms with Crippen molar-refractivity contribution < 1.29 is 0 Å². The van der Waals surface area contributed by atoms with Gasteiger partial charge in [0, 0.05) is 5.54 Å². The van der Waals surface area contributed by atoms with Crippen LogP contribution in [-0.2, 0) is 5.54 Å². The zero-order chi connectivity index (χ0) is 11.5. The van der Waals surface area contributed by atoms with Gasteiger partial charge in [0.05, 0.1) is 21.1 Å². The predicted octanol–water partition coefficient (Wildman–Crippen LogP) is 4.51. The molecule has 0 aliphatic heterocycles. The smallest absolute Gasteiger partial charge is 0.178 e. The van der Waals surface area contributed by atoms with Crippen LogP contribution in [0.2, 0.25) is 10.0 Å². The lowest BCUT2D eigenvalue weighted by Gasteiger charge is -2.12. The summed E-state index contributed by atoms with van der Waals surface area (Å²) in [5, 5.41) is 1.12. The Kier molecular flexibility index (Phi) is 2.16. The number of nitrogens with one attached hydrogen (secondary N) is 1. The Morgan fingerprint density at radius 1 is 1.31 bits per heavy atom. The molecule has 1 heterocycles. The van der Waals surface area contributed by atoms with Gasteiger partial charge >= 0.3 is 0 Å². The maximum absolute atomic E-state index is 6.05. The second-order valence-electron chi connectivity index (χ2n) is 4.55. The molecule has 84 valence electrons. The Hall–Kier alpha value is -0.510. The topological polar surface area (TPSA) is 20.7 Å². The van der Waals surface area contributed by atoms with Crippen LogP contribution >= 0.6 is 35.4 Å². The number of hydrogen-bond acceptors (Lipinski definition) is 1. The number of imidazole rings is 1. The number of rotatable bonds is 1.